The lowest BCUT2D eigenvalue weighted by Gasteiger charge is -2.20. The molecule has 1 saturated heterocycles. The Labute approximate surface area is 113 Å². The summed E-state index contributed by atoms with van der Waals surface area (Å²) in [5.74, 6) is -0.312. The van der Waals surface area contributed by atoms with Crippen LogP contribution in [0.5, 0.6) is 11.5 Å². The Balaban J connectivity index is 1.98. The summed E-state index contributed by atoms with van der Waals surface area (Å²) in [5, 5.41) is 18.9. The summed E-state index contributed by atoms with van der Waals surface area (Å²) < 4.78 is 0. The molecule has 0 saturated carbocycles. The number of phenolic OH excluding ortho intramolecular Hbond substituents is 2. The van der Waals surface area contributed by atoms with Crippen LogP contribution in [-0.4, -0.2) is 65.6 Å². The Bertz CT molecular complexity index is 474. The maximum atomic E-state index is 12.1. The highest BCUT2D eigenvalue weighted by Gasteiger charge is 2.26. The molecule has 2 rings (SSSR count). The van der Waals surface area contributed by atoms with E-state index in [1.54, 1.807) is 0 Å². The van der Waals surface area contributed by atoms with Gasteiger partial charge < -0.3 is 15.1 Å². The van der Waals surface area contributed by atoms with E-state index in [1.807, 2.05) is 14.1 Å². The molecule has 1 fully saturated rings. The summed E-state index contributed by atoms with van der Waals surface area (Å²) in [4.78, 5) is 16.4. The van der Waals surface area contributed by atoms with Gasteiger partial charge in [-0.1, -0.05) is 0 Å². The molecular formula is C14H20N2O3. The SMILES string of the molecule is CN(C)C1CCN(CC(=O)c2ccc(O)cc2O)C1. The van der Waals surface area contributed by atoms with Gasteiger partial charge in [0, 0.05) is 25.2 Å². The van der Waals surface area contributed by atoms with E-state index in [1.165, 1.54) is 18.2 Å². The lowest BCUT2D eigenvalue weighted by Crippen LogP contribution is -2.33. The fourth-order valence-corrected chi connectivity index (χ4v) is 2.42. The Morgan fingerprint density at radius 2 is 2.16 bits per heavy atom. The first kappa shape index (κ1) is 13.8. The Kier molecular flexibility index (Phi) is 4.07. The normalized spacial score (nSPS) is 20.1. The summed E-state index contributed by atoms with van der Waals surface area (Å²) in [7, 11) is 4.09. The second kappa shape index (κ2) is 5.59. The number of aromatic hydroxyl groups is 2. The number of nitrogens with zero attached hydrogens (tertiary/aromatic N) is 2. The molecule has 1 aliphatic heterocycles. The van der Waals surface area contributed by atoms with Gasteiger partial charge in [0.25, 0.3) is 0 Å². The zero-order chi connectivity index (χ0) is 14.0. The number of likely N-dealkylation sites (N-methyl/N-ethyl adjacent to an activating group) is 1. The number of carbonyl (C=O) groups excluding carboxylic acids is 1. The highest BCUT2D eigenvalue weighted by molar-refractivity contribution is 6.00. The van der Waals surface area contributed by atoms with Crippen LogP contribution in [0.4, 0.5) is 0 Å². The molecule has 104 valence electrons. The van der Waals surface area contributed by atoms with Gasteiger partial charge in [0.05, 0.1) is 12.1 Å². The van der Waals surface area contributed by atoms with Gasteiger partial charge in [0.15, 0.2) is 5.78 Å². The molecule has 1 atom stereocenters. The van der Waals surface area contributed by atoms with Crippen molar-refractivity contribution in [2.24, 2.45) is 0 Å². The van der Waals surface area contributed by atoms with E-state index >= 15 is 0 Å². The first-order valence-corrected chi connectivity index (χ1v) is 6.41. The van der Waals surface area contributed by atoms with Crippen molar-refractivity contribution in [3.63, 3.8) is 0 Å². The van der Waals surface area contributed by atoms with Gasteiger partial charge >= 0.3 is 0 Å². The van der Waals surface area contributed by atoms with Crippen LogP contribution in [0.1, 0.15) is 16.8 Å². The molecule has 0 spiro atoms. The molecule has 1 aliphatic rings. The number of Topliss-reactive ketones (excluding diaryl/α,β-unsaturated/α-hetero) is 1. The molecule has 1 aromatic rings. The second-order valence-electron chi connectivity index (χ2n) is 5.27. The number of carbonyl (C=O) groups is 1. The number of likely N-dealkylation sites (tertiary alicyclic amines) is 1. The molecule has 0 radical (unpaired) electrons. The maximum Gasteiger partial charge on any atom is 0.180 e. The van der Waals surface area contributed by atoms with Crippen LogP contribution >= 0.6 is 0 Å². The summed E-state index contributed by atoms with van der Waals surface area (Å²) in [6.07, 6.45) is 1.06. The van der Waals surface area contributed by atoms with E-state index < -0.39 is 0 Å². The number of benzene rings is 1. The van der Waals surface area contributed by atoms with Crippen molar-refractivity contribution in [2.45, 2.75) is 12.5 Å². The van der Waals surface area contributed by atoms with Gasteiger partial charge in [-0.25, -0.2) is 0 Å². The van der Waals surface area contributed by atoms with Crippen molar-refractivity contribution >= 4 is 5.78 Å². The first-order chi connectivity index (χ1) is 8.97. The minimum atomic E-state index is -0.159. The molecule has 0 bridgehead atoms. The van der Waals surface area contributed by atoms with Crippen LogP contribution in [0.3, 0.4) is 0 Å². The zero-order valence-electron chi connectivity index (χ0n) is 11.3. The standard InChI is InChI=1S/C14H20N2O3/c1-15(2)10-5-6-16(8-10)9-14(19)12-4-3-11(17)7-13(12)18/h3-4,7,10,17-18H,5-6,8-9H2,1-2H3. The van der Waals surface area contributed by atoms with Crippen LogP contribution < -0.4 is 0 Å². The number of phenols is 2. The minimum absolute atomic E-state index is 0.0390. The smallest absolute Gasteiger partial charge is 0.180 e. The fourth-order valence-electron chi connectivity index (χ4n) is 2.42. The maximum absolute atomic E-state index is 12.1. The molecule has 1 heterocycles. The monoisotopic (exact) mass is 264 g/mol. The predicted octanol–water partition coefficient (Wildman–Crippen LogP) is 0.916. The quantitative estimate of drug-likeness (QED) is 0.792. The Morgan fingerprint density at radius 3 is 2.74 bits per heavy atom. The molecule has 5 nitrogen and oxygen atoms in total. The number of hydrogen-bond acceptors (Lipinski definition) is 5. The number of hydrogen-bond donors (Lipinski definition) is 2. The topological polar surface area (TPSA) is 64.0 Å². The van der Waals surface area contributed by atoms with Crippen LogP contribution in [-0.2, 0) is 0 Å². The van der Waals surface area contributed by atoms with Crippen LogP contribution in [0.15, 0.2) is 18.2 Å². The van der Waals surface area contributed by atoms with Gasteiger partial charge in [0.1, 0.15) is 11.5 Å². The van der Waals surface area contributed by atoms with Gasteiger partial charge in [0.2, 0.25) is 0 Å². The molecule has 5 heteroatoms. The summed E-state index contributed by atoms with van der Waals surface area (Å²) >= 11 is 0. The average Bonchev–Trinajstić information content (AvgIpc) is 2.77. The molecule has 0 amide bonds. The molecule has 19 heavy (non-hydrogen) atoms. The van der Waals surface area contributed by atoms with E-state index in [0.717, 1.165) is 19.5 Å². The van der Waals surface area contributed by atoms with E-state index in [4.69, 9.17) is 0 Å². The van der Waals surface area contributed by atoms with E-state index in [2.05, 4.69) is 9.80 Å². The third-order valence-corrected chi connectivity index (χ3v) is 3.63. The van der Waals surface area contributed by atoms with Gasteiger partial charge in [-0.2, -0.15) is 0 Å². The van der Waals surface area contributed by atoms with E-state index in [-0.39, 0.29) is 22.8 Å². The van der Waals surface area contributed by atoms with Gasteiger partial charge in [-0.05, 0) is 32.6 Å². The van der Waals surface area contributed by atoms with Crippen LogP contribution in [0, 0.1) is 0 Å². The van der Waals surface area contributed by atoms with Crippen LogP contribution in [0.25, 0.3) is 0 Å². The highest BCUT2D eigenvalue weighted by Crippen LogP contribution is 2.23. The zero-order valence-corrected chi connectivity index (χ0v) is 11.3. The number of rotatable bonds is 4. The molecule has 2 N–H and O–H groups in total. The summed E-state index contributed by atoms with van der Waals surface area (Å²) in [6.45, 7) is 2.08. The highest BCUT2D eigenvalue weighted by atomic mass is 16.3. The van der Waals surface area contributed by atoms with Crippen molar-refractivity contribution in [1.29, 1.82) is 0 Å². The lowest BCUT2D eigenvalue weighted by atomic mass is 10.1. The third kappa shape index (κ3) is 3.24. The summed E-state index contributed by atoms with van der Waals surface area (Å²) in [5.41, 5.74) is 0.270. The third-order valence-electron chi connectivity index (χ3n) is 3.63. The van der Waals surface area contributed by atoms with Crippen molar-refractivity contribution in [3.05, 3.63) is 23.8 Å². The second-order valence-corrected chi connectivity index (χ2v) is 5.27. The fraction of sp³-hybridized carbons (Fsp3) is 0.500. The van der Waals surface area contributed by atoms with E-state index in [9.17, 15) is 15.0 Å². The van der Waals surface area contributed by atoms with Crippen molar-refractivity contribution in [2.75, 3.05) is 33.7 Å². The molecule has 1 unspecified atom stereocenters. The predicted molar refractivity (Wildman–Crippen MR) is 72.6 cm³/mol. The van der Waals surface area contributed by atoms with Crippen molar-refractivity contribution in [3.8, 4) is 11.5 Å². The molecular weight excluding hydrogens is 244 g/mol. The number of ketones is 1. The minimum Gasteiger partial charge on any atom is -0.508 e. The largest absolute Gasteiger partial charge is 0.508 e. The van der Waals surface area contributed by atoms with E-state index in [0.29, 0.717) is 12.6 Å². The average molecular weight is 264 g/mol. The Hall–Kier alpha value is -1.59. The molecule has 0 aromatic heterocycles. The lowest BCUT2D eigenvalue weighted by molar-refractivity contribution is 0.0939. The van der Waals surface area contributed by atoms with Gasteiger partial charge in [-0.15, -0.1) is 0 Å². The van der Waals surface area contributed by atoms with Crippen molar-refractivity contribution in [1.82, 2.24) is 9.80 Å². The van der Waals surface area contributed by atoms with Gasteiger partial charge in [-0.3, -0.25) is 9.69 Å². The Morgan fingerprint density at radius 1 is 1.42 bits per heavy atom. The van der Waals surface area contributed by atoms with Crippen LogP contribution in [0.2, 0.25) is 0 Å². The molecule has 0 aliphatic carbocycles. The van der Waals surface area contributed by atoms with Crippen molar-refractivity contribution < 1.29 is 15.0 Å². The summed E-state index contributed by atoms with van der Waals surface area (Å²) in [6, 6.07) is 4.56. The first-order valence-electron chi connectivity index (χ1n) is 6.41. The molecule has 1 aromatic carbocycles.